The first-order valence-corrected chi connectivity index (χ1v) is 5.38. The molecule has 5 heteroatoms. The van der Waals surface area contributed by atoms with Gasteiger partial charge in [-0.05, 0) is 24.5 Å². The number of isocyanates is 1. The van der Waals surface area contributed by atoms with Crippen molar-refractivity contribution in [1.29, 1.82) is 0 Å². The highest BCUT2D eigenvalue weighted by molar-refractivity contribution is 7.98. The van der Waals surface area contributed by atoms with Gasteiger partial charge in [0.05, 0.1) is 12.7 Å². The van der Waals surface area contributed by atoms with Crippen molar-refractivity contribution in [2.75, 3.05) is 13.4 Å². The summed E-state index contributed by atoms with van der Waals surface area (Å²) in [5.74, 6) is 0.374. The van der Waals surface area contributed by atoms with Gasteiger partial charge in [0.2, 0.25) is 12.4 Å². The molecule has 80 valence electrons. The number of rotatable bonds is 4. The number of hydrogen-bond acceptors (Lipinski definition) is 4. The normalized spacial score (nSPS) is 11.7. The van der Waals surface area contributed by atoms with E-state index in [4.69, 9.17) is 4.74 Å². The summed E-state index contributed by atoms with van der Waals surface area (Å²) in [5.41, 5.74) is 0.243. The lowest BCUT2D eigenvalue weighted by atomic mass is 10.2. The number of ether oxygens (including phenoxy) is 1. The van der Waals surface area contributed by atoms with Gasteiger partial charge in [0.15, 0.2) is 0 Å². The van der Waals surface area contributed by atoms with E-state index in [1.54, 1.807) is 12.1 Å². The van der Waals surface area contributed by atoms with E-state index in [1.165, 1.54) is 25.0 Å². The van der Waals surface area contributed by atoms with Gasteiger partial charge >= 0.3 is 0 Å². The molecule has 0 aliphatic rings. The highest BCUT2D eigenvalue weighted by atomic mass is 32.2. The second-order valence-corrected chi connectivity index (χ2v) is 3.54. The van der Waals surface area contributed by atoms with Crippen LogP contribution in [0.4, 0.5) is 4.39 Å². The Morgan fingerprint density at radius 1 is 1.60 bits per heavy atom. The molecule has 0 spiro atoms. The molecule has 0 radical (unpaired) electrons. The van der Waals surface area contributed by atoms with Crippen LogP contribution in [0.1, 0.15) is 11.9 Å². The standard InChI is InChI=1S/C10H10FNO2S/c1-14-9-4-3-7(15-2)5-8(9)10(11)12-6-13/h3-5,10H,1-2H3. The third-order valence-corrected chi connectivity index (χ3v) is 2.58. The fourth-order valence-corrected chi connectivity index (χ4v) is 1.59. The minimum Gasteiger partial charge on any atom is -0.496 e. The molecule has 0 aliphatic carbocycles. The number of methoxy groups -OCH3 is 1. The van der Waals surface area contributed by atoms with Crippen LogP contribution >= 0.6 is 11.8 Å². The third-order valence-electron chi connectivity index (χ3n) is 1.86. The number of halogens is 1. The number of alkyl halides is 1. The van der Waals surface area contributed by atoms with Gasteiger partial charge < -0.3 is 4.74 Å². The molecule has 1 aromatic carbocycles. The molecule has 0 aromatic heterocycles. The van der Waals surface area contributed by atoms with Gasteiger partial charge in [-0.25, -0.2) is 9.18 Å². The van der Waals surface area contributed by atoms with Gasteiger partial charge in [0.25, 0.3) is 0 Å². The molecule has 1 unspecified atom stereocenters. The maximum atomic E-state index is 13.4. The smallest absolute Gasteiger partial charge is 0.238 e. The summed E-state index contributed by atoms with van der Waals surface area (Å²) in [7, 11) is 1.44. The Labute approximate surface area is 91.4 Å². The van der Waals surface area contributed by atoms with Crippen molar-refractivity contribution >= 4 is 17.8 Å². The van der Waals surface area contributed by atoms with Crippen LogP contribution in [0.25, 0.3) is 0 Å². The van der Waals surface area contributed by atoms with Gasteiger partial charge in [0, 0.05) is 4.90 Å². The maximum absolute atomic E-state index is 13.4. The molecule has 0 saturated carbocycles. The molecule has 1 atom stereocenters. The van der Waals surface area contributed by atoms with Crippen molar-refractivity contribution in [2.45, 2.75) is 11.2 Å². The van der Waals surface area contributed by atoms with E-state index in [1.807, 2.05) is 12.3 Å². The number of hydrogen-bond donors (Lipinski definition) is 0. The van der Waals surface area contributed by atoms with E-state index in [0.29, 0.717) is 5.75 Å². The maximum Gasteiger partial charge on any atom is 0.238 e. The summed E-state index contributed by atoms with van der Waals surface area (Å²) in [6.07, 6.45) is 1.35. The molecule has 3 nitrogen and oxygen atoms in total. The number of nitrogens with zero attached hydrogens (tertiary/aromatic N) is 1. The molecular formula is C10H10FNO2S. The fraction of sp³-hybridized carbons (Fsp3) is 0.300. The number of carbonyl (C=O) groups excluding carboxylic acids is 1. The predicted octanol–water partition coefficient (Wildman–Crippen LogP) is 2.72. The lowest BCUT2D eigenvalue weighted by molar-refractivity contribution is 0.333. The number of aliphatic imine (C=N–C) groups is 1. The summed E-state index contributed by atoms with van der Waals surface area (Å²) >= 11 is 1.48. The van der Waals surface area contributed by atoms with Crippen molar-refractivity contribution in [3.05, 3.63) is 23.8 Å². The Bertz CT molecular complexity index is 391. The SMILES string of the molecule is COc1ccc(SC)cc1C(F)N=C=O. The first kappa shape index (κ1) is 11.8. The van der Waals surface area contributed by atoms with E-state index >= 15 is 0 Å². The van der Waals surface area contributed by atoms with E-state index in [0.717, 1.165) is 4.90 Å². The molecule has 0 fully saturated rings. The summed E-state index contributed by atoms with van der Waals surface area (Å²) in [4.78, 5) is 13.9. The zero-order valence-electron chi connectivity index (χ0n) is 8.36. The highest BCUT2D eigenvalue weighted by Gasteiger charge is 2.14. The highest BCUT2D eigenvalue weighted by Crippen LogP contribution is 2.31. The van der Waals surface area contributed by atoms with Crippen molar-refractivity contribution in [3.63, 3.8) is 0 Å². The summed E-state index contributed by atoms with van der Waals surface area (Å²) in [5, 5.41) is 0. The number of benzene rings is 1. The summed E-state index contributed by atoms with van der Waals surface area (Å²) in [6.45, 7) is 0. The molecule has 0 saturated heterocycles. The number of thioether (sulfide) groups is 1. The van der Waals surface area contributed by atoms with Crippen LogP contribution in [0.15, 0.2) is 28.1 Å². The van der Waals surface area contributed by atoms with Crippen LogP contribution in [-0.4, -0.2) is 19.4 Å². The molecular weight excluding hydrogens is 217 g/mol. The summed E-state index contributed by atoms with van der Waals surface area (Å²) in [6, 6.07) is 5.06. The molecule has 1 aromatic rings. The van der Waals surface area contributed by atoms with Crippen molar-refractivity contribution in [3.8, 4) is 5.75 Å². The van der Waals surface area contributed by atoms with Crippen LogP contribution in [-0.2, 0) is 4.79 Å². The topological polar surface area (TPSA) is 38.7 Å². The van der Waals surface area contributed by atoms with Crippen LogP contribution in [0.2, 0.25) is 0 Å². The fourth-order valence-electron chi connectivity index (χ4n) is 1.14. The van der Waals surface area contributed by atoms with Gasteiger partial charge in [-0.2, -0.15) is 4.99 Å². The second kappa shape index (κ2) is 5.53. The lowest BCUT2D eigenvalue weighted by Gasteiger charge is -2.09. The van der Waals surface area contributed by atoms with Crippen molar-refractivity contribution in [2.24, 2.45) is 4.99 Å². The quantitative estimate of drug-likeness (QED) is 0.343. The Morgan fingerprint density at radius 2 is 2.33 bits per heavy atom. The van der Waals surface area contributed by atoms with E-state index in [2.05, 4.69) is 4.99 Å². The van der Waals surface area contributed by atoms with Crippen LogP contribution in [0.5, 0.6) is 5.75 Å². The Hall–Kier alpha value is -1.32. The predicted molar refractivity (Wildman–Crippen MR) is 56.7 cm³/mol. The largest absolute Gasteiger partial charge is 0.496 e. The van der Waals surface area contributed by atoms with Crippen molar-refractivity contribution in [1.82, 2.24) is 0 Å². The van der Waals surface area contributed by atoms with Gasteiger partial charge in [-0.15, -0.1) is 11.8 Å². The average molecular weight is 227 g/mol. The Balaban J connectivity index is 3.16. The Morgan fingerprint density at radius 3 is 2.87 bits per heavy atom. The zero-order valence-corrected chi connectivity index (χ0v) is 9.18. The lowest BCUT2D eigenvalue weighted by Crippen LogP contribution is -1.94. The average Bonchev–Trinajstić information content (AvgIpc) is 2.28. The minimum atomic E-state index is -1.72. The molecule has 0 heterocycles. The molecule has 1 rings (SSSR count). The van der Waals surface area contributed by atoms with Crippen molar-refractivity contribution < 1.29 is 13.9 Å². The third kappa shape index (κ3) is 2.81. The van der Waals surface area contributed by atoms with Crippen LogP contribution in [0, 0.1) is 0 Å². The van der Waals surface area contributed by atoms with E-state index < -0.39 is 6.30 Å². The molecule has 0 amide bonds. The first-order chi connectivity index (χ1) is 7.22. The Kier molecular flexibility index (Phi) is 4.34. The van der Waals surface area contributed by atoms with Gasteiger partial charge in [0.1, 0.15) is 5.75 Å². The van der Waals surface area contributed by atoms with E-state index in [9.17, 15) is 9.18 Å². The van der Waals surface area contributed by atoms with Crippen LogP contribution in [0.3, 0.4) is 0 Å². The molecule has 0 aliphatic heterocycles. The molecule has 15 heavy (non-hydrogen) atoms. The zero-order chi connectivity index (χ0) is 11.3. The summed E-state index contributed by atoms with van der Waals surface area (Å²) < 4.78 is 18.4. The van der Waals surface area contributed by atoms with Gasteiger partial charge in [-0.1, -0.05) is 0 Å². The molecule has 0 N–H and O–H groups in total. The first-order valence-electron chi connectivity index (χ1n) is 4.16. The van der Waals surface area contributed by atoms with Crippen LogP contribution < -0.4 is 4.74 Å². The molecule has 0 bridgehead atoms. The minimum absolute atomic E-state index is 0.243. The van der Waals surface area contributed by atoms with Gasteiger partial charge in [-0.3, -0.25) is 0 Å². The van der Waals surface area contributed by atoms with E-state index in [-0.39, 0.29) is 5.56 Å². The monoisotopic (exact) mass is 227 g/mol. The second-order valence-electron chi connectivity index (χ2n) is 2.66.